The molecule has 0 aliphatic heterocycles. The lowest BCUT2D eigenvalue weighted by Gasteiger charge is -1.95. The first-order valence-corrected chi connectivity index (χ1v) is 2.39. The quantitative estimate of drug-likeness (QED) is 0.450. The maximum atomic E-state index is 8.32. The molecule has 0 aliphatic rings. The first-order chi connectivity index (χ1) is 3.85. The van der Waals surface area contributed by atoms with Gasteiger partial charge in [0.2, 0.25) is 0 Å². The van der Waals surface area contributed by atoms with Crippen LogP contribution < -0.4 is 0 Å². The molecule has 0 aromatic heterocycles. The summed E-state index contributed by atoms with van der Waals surface area (Å²) in [6.07, 6.45) is 1.16. The Bertz CT molecular complexity index is 77.7. The van der Waals surface area contributed by atoms with E-state index in [1.165, 1.54) is 0 Å². The Morgan fingerprint density at radius 2 is 2.00 bits per heavy atom. The van der Waals surface area contributed by atoms with E-state index in [-0.39, 0.29) is 13.2 Å². The van der Waals surface area contributed by atoms with Gasteiger partial charge in [0.05, 0.1) is 12.9 Å². The summed E-state index contributed by atoms with van der Waals surface area (Å²) in [7, 11) is 0. The van der Waals surface area contributed by atoms with Gasteiger partial charge < -0.3 is 15.3 Å². The number of aliphatic hydroxyl groups is 3. The molecule has 0 rings (SSSR count). The van der Waals surface area contributed by atoms with Crippen LogP contribution in [-0.2, 0) is 0 Å². The molecule has 3 N–H and O–H groups in total. The van der Waals surface area contributed by atoms with Crippen LogP contribution in [0.5, 0.6) is 0 Å². The van der Waals surface area contributed by atoms with Crippen LogP contribution in [0.2, 0.25) is 0 Å². The molecule has 8 heavy (non-hydrogen) atoms. The molecule has 0 atom stereocenters. The van der Waals surface area contributed by atoms with Gasteiger partial charge in [-0.3, -0.25) is 0 Å². The van der Waals surface area contributed by atoms with Crippen molar-refractivity contribution in [2.45, 2.75) is 6.42 Å². The lowest BCUT2D eigenvalue weighted by Crippen LogP contribution is -1.93. The lowest BCUT2D eigenvalue weighted by atomic mass is 10.2. The van der Waals surface area contributed by atoms with Gasteiger partial charge >= 0.3 is 0 Å². The third-order valence-corrected chi connectivity index (χ3v) is 0.819. The molecule has 0 saturated heterocycles. The van der Waals surface area contributed by atoms with Crippen molar-refractivity contribution in [1.29, 1.82) is 0 Å². The van der Waals surface area contributed by atoms with Crippen molar-refractivity contribution in [3.63, 3.8) is 0 Å². The van der Waals surface area contributed by atoms with Gasteiger partial charge in [-0.1, -0.05) is 0 Å². The molecule has 0 aromatic rings. The fourth-order valence-electron chi connectivity index (χ4n) is 0.328. The molecule has 3 heteroatoms. The zero-order valence-electron chi connectivity index (χ0n) is 4.54. The summed E-state index contributed by atoms with van der Waals surface area (Å²) in [5.41, 5.74) is 0.451. The Morgan fingerprint density at radius 1 is 1.38 bits per heavy atom. The van der Waals surface area contributed by atoms with E-state index >= 15 is 0 Å². The number of aliphatic hydroxyl groups excluding tert-OH is 3. The largest absolute Gasteiger partial charge is 0.516 e. The SMILES string of the molecule is OC=C(CO)CCO. The zero-order valence-corrected chi connectivity index (χ0v) is 4.54. The van der Waals surface area contributed by atoms with Gasteiger partial charge in [0, 0.05) is 6.61 Å². The number of hydrogen-bond acceptors (Lipinski definition) is 3. The second-order valence-electron chi connectivity index (χ2n) is 1.42. The van der Waals surface area contributed by atoms with Crippen LogP contribution in [0.15, 0.2) is 11.8 Å². The normalized spacial score (nSPS) is 12.0. The topological polar surface area (TPSA) is 60.7 Å². The minimum absolute atomic E-state index is 0.0348. The molecule has 3 nitrogen and oxygen atoms in total. The van der Waals surface area contributed by atoms with Crippen LogP contribution in [0.25, 0.3) is 0 Å². The molecule has 0 fully saturated rings. The van der Waals surface area contributed by atoms with Gasteiger partial charge in [0.15, 0.2) is 0 Å². The van der Waals surface area contributed by atoms with Crippen LogP contribution in [0.1, 0.15) is 6.42 Å². The number of rotatable bonds is 3. The third-order valence-electron chi connectivity index (χ3n) is 0.819. The molecule has 0 aliphatic carbocycles. The second-order valence-corrected chi connectivity index (χ2v) is 1.42. The van der Waals surface area contributed by atoms with Crippen molar-refractivity contribution in [3.8, 4) is 0 Å². The second kappa shape index (κ2) is 4.61. The van der Waals surface area contributed by atoms with E-state index in [2.05, 4.69) is 0 Å². The fraction of sp³-hybridized carbons (Fsp3) is 0.600. The highest BCUT2D eigenvalue weighted by Crippen LogP contribution is 1.95. The van der Waals surface area contributed by atoms with Gasteiger partial charge in [0.1, 0.15) is 0 Å². The molecular weight excluding hydrogens is 108 g/mol. The monoisotopic (exact) mass is 118 g/mol. The minimum Gasteiger partial charge on any atom is -0.516 e. The Balaban J connectivity index is 3.38. The van der Waals surface area contributed by atoms with Crippen molar-refractivity contribution < 1.29 is 15.3 Å². The average molecular weight is 118 g/mol. The highest BCUT2D eigenvalue weighted by molar-refractivity contribution is 4.96. The summed E-state index contributed by atoms with van der Waals surface area (Å²) < 4.78 is 0. The van der Waals surface area contributed by atoms with Gasteiger partial charge in [-0.15, -0.1) is 0 Å². The van der Waals surface area contributed by atoms with E-state index in [9.17, 15) is 0 Å². The predicted octanol–water partition coefficient (Wildman–Crippen LogP) is -0.197. The van der Waals surface area contributed by atoms with Crippen molar-refractivity contribution in [3.05, 3.63) is 11.8 Å². The molecular formula is C5H10O3. The molecule has 0 radical (unpaired) electrons. The van der Waals surface area contributed by atoms with Crippen molar-refractivity contribution in [2.24, 2.45) is 0 Å². The van der Waals surface area contributed by atoms with Crippen molar-refractivity contribution in [2.75, 3.05) is 13.2 Å². The Hall–Kier alpha value is -0.540. The van der Waals surface area contributed by atoms with E-state index in [0.717, 1.165) is 6.26 Å². The first kappa shape index (κ1) is 7.46. The van der Waals surface area contributed by atoms with Crippen LogP contribution in [-0.4, -0.2) is 28.5 Å². The molecule has 48 valence electrons. The van der Waals surface area contributed by atoms with Gasteiger partial charge in [-0.2, -0.15) is 0 Å². The standard InChI is InChI=1S/C5H10O3/c6-2-1-5(3-7)4-8/h3,6-8H,1-2,4H2. The van der Waals surface area contributed by atoms with Crippen molar-refractivity contribution >= 4 is 0 Å². The smallest absolute Gasteiger partial charge is 0.0807 e. The number of hydrogen-bond donors (Lipinski definition) is 3. The summed E-state index contributed by atoms with van der Waals surface area (Å²) >= 11 is 0. The van der Waals surface area contributed by atoms with E-state index < -0.39 is 0 Å². The van der Waals surface area contributed by atoms with E-state index in [1.54, 1.807) is 0 Å². The van der Waals surface area contributed by atoms with E-state index in [4.69, 9.17) is 15.3 Å². The first-order valence-electron chi connectivity index (χ1n) is 2.39. The lowest BCUT2D eigenvalue weighted by molar-refractivity contribution is 0.273. The van der Waals surface area contributed by atoms with E-state index in [0.29, 0.717) is 12.0 Å². The van der Waals surface area contributed by atoms with Crippen LogP contribution in [0.4, 0.5) is 0 Å². The Labute approximate surface area is 47.9 Å². The zero-order chi connectivity index (χ0) is 6.41. The molecule has 0 heterocycles. The van der Waals surface area contributed by atoms with Gasteiger partial charge in [0.25, 0.3) is 0 Å². The summed E-state index contributed by atoms with van der Waals surface area (Å²) in [5.74, 6) is 0. The molecule has 0 amide bonds. The molecule has 0 spiro atoms. The van der Waals surface area contributed by atoms with Gasteiger partial charge in [-0.25, -0.2) is 0 Å². The van der Waals surface area contributed by atoms with Crippen LogP contribution >= 0.6 is 0 Å². The van der Waals surface area contributed by atoms with Crippen LogP contribution in [0, 0.1) is 0 Å². The Kier molecular flexibility index (Phi) is 4.30. The summed E-state index contributed by atoms with van der Waals surface area (Å²) in [5, 5.41) is 24.8. The molecule has 0 aromatic carbocycles. The fourth-order valence-corrected chi connectivity index (χ4v) is 0.328. The molecule has 0 unspecified atom stereocenters. The summed E-state index contributed by atoms with van der Waals surface area (Å²) in [4.78, 5) is 0. The van der Waals surface area contributed by atoms with Gasteiger partial charge in [-0.05, 0) is 12.0 Å². The highest BCUT2D eigenvalue weighted by atomic mass is 16.3. The Morgan fingerprint density at radius 3 is 2.12 bits per heavy atom. The predicted molar refractivity (Wildman–Crippen MR) is 29.5 cm³/mol. The summed E-state index contributed by atoms with van der Waals surface area (Å²) in [6.45, 7) is -0.218. The maximum absolute atomic E-state index is 8.32. The van der Waals surface area contributed by atoms with Crippen LogP contribution in [0.3, 0.4) is 0 Å². The summed E-state index contributed by atoms with van der Waals surface area (Å²) in [6, 6.07) is 0. The molecule has 0 bridgehead atoms. The molecule has 0 saturated carbocycles. The highest BCUT2D eigenvalue weighted by Gasteiger charge is 1.90. The minimum atomic E-state index is -0.183. The third kappa shape index (κ3) is 2.60. The van der Waals surface area contributed by atoms with Crippen molar-refractivity contribution in [1.82, 2.24) is 0 Å². The average Bonchev–Trinajstić information content (AvgIpc) is 1.83. The maximum Gasteiger partial charge on any atom is 0.0807 e. The van der Waals surface area contributed by atoms with E-state index in [1.807, 2.05) is 0 Å².